The molecule has 2 aliphatic rings. The smallest absolute Gasteiger partial charge is 0.410 e. The van der Waals surface area contributed by atoms with Gasteiger partial charge in [-0.15, -0.1) is 0 Å². The first-order valence-electron chi connectivity index (χ1n) is 13.7. The molecular formula is C33H31Cl2FN2O4. The number of nitrogens with zero attached hydrogens (tertiary/aromatic N) is 2. The Balaban J connectivity index is 1.54. The van der Waals surface area contributed by atoms with E-state index >= 15 is 4.39 Å². The van der Waals surface area contributed by atoms with Crippen molar-refractivity contribution in [1.82, 2.24) is 9.88 Å². The average Bonchev–Trinajstić information content (AvgIpc) is 3.08. The van der Waals surface area contributed by atoms with Crippen molar-refractivity contribution in [3.8, 4) is 0 Å². The Morgan fingerprint density at radius 2 is 1.76 bits per heavy atom. The number of pyridine rings is 1. The second-order valence-corrected chi connectivity index (χ2v) is 12.3. The van der Waals surface area contributed by atoms with Crippen molar-refractivity contribution in [1.29, 1.82) is 0 Å². The van der Waals surface area contributed by atoms with Crippen LogP contribution in [0.25, 0.3) is 17.2 Å². The molecule has 2 heterocycles. The van der Waals surface area contributed by atoms with E-state index in [2.05, 4.69) is 4.98 Å². The van der Waals surface area contributed by atoms with E-state index in [0.717, 1.165) is 34.3 Å². The number of carbonyl (C=O) groups is 2. The molecule has 1 saturated heterocycles. The summed E-state index contributed by atoms with van der Waals surface area (Å²) < 4.78 is 26.3. The number of allylic oxidation sites excluding steroid dienone is 1. The summed E-state index contributed by atoms with van der Waals surface area (Å²) in [5.74, 6) is -0.924. The Hall–Kier alpha value is -3.68. The Bertz CT molecular complexity index is 1630. The summed E-state index contributed by atoms with van der Waals surface area (Å²) in [4.78, 5) is 30.7. The summed E-state index contributed by atoms with van der Waals surface area (Å²) in [6.45, 7) is 6.30. The summed E-state index contributed by atoms with van der Waals surface area (Å²) in [5.41, 5.74) is 5.53. The van der Waals surface area contributed by atoms with Crippen LogP contribution in [-0.4, -0.2) is 47.7 Å². The molecule has 0 unspecified atom stereocenters. The molecular weight excluding hydrogens is 578 g/mol. The monoisotopic (exact) mass is 608 g/mol. The van der Waals surface area contributed by atoms with Crippen LogP contribution in [-0.2, 0) is 15.9 Å². The number of aromatic nitrogens is 1. The van der Waals surface area contributed by atoms with Crippen LogP contribution in [0.1, 0.15) is 71.9 Å². The van der Waals surface area contributed by atoms with Gasteiger partial charge in [-0.05, 0) is 104 Å². The van der Waals surface area contributed by atoms with Gasteiger partial charge in [0.15, 0.2) is 0 Å². The van der Waals surface area contributed by atoms with Gasteiger partial charge in [0.1, 0.15) is 17.1 Å². The number of aryl methyl sites for hydroxylation is 1. The number of hydrogen-bond acceptors (Lipinski definition) is 5. The van der Waals surface area contributed by atoms with Gasteiger partial charge in [0.05, 0.1) is 12.7 Å². The van der Waals surface area contributed by atoms with Gasteiger partial charge in [0.2, 0.25) is 0 Å². The zero-order valence-corrected chi connectivity index (χ0v) is 25.4. The molecule has 2 aromatic carbocycles. The van der Waals surface area contributed by atoms with E-state index in [1.54, 1.807) is 35.4 Å². The van der Waals surface area contributed by atoms with E-state index in [0.29, 0.717) is 52.7 Å². The van der Waals surface area contributed by atoms with Crippen molar-refractivity contribution in [3.05, 3.63) is 104 Å². The second kappa shape index (κ2) is 11.9. The number of methoxy groups -OCH3 is 1. The van der Waals surface area contributed by atoms with Gasteiger partial charge in [-0.1, -0.05) is 41.4 Å². The van der Waals surface area contributed by atoms with Gasteiger partial charge in [-0.25, -0.2) is 14.0 Å². The average molecular weight is 610 g/mol. The number of rotatable bonds is 4. The highest BCUT2D eigenvalue weighted by Crippen LogP contribution is 2.42. The quantitative estimate of drug-likeness (QED) is 0.279. The lowest BCUT2D eigenvalue weighted by molar-refractivity contribution is 0.0216. The van der Waals surface area contributed by atoms with Gasteiger partial charge in [0.25, 0.3) is 0 Å². The third-order valence-corrected chi connectivity index (χ3v) is 7.68. The first kappa shape index (κ1) is 29.8. The van der Waals surface area contributed by atoms with E-state index in [1.165, 1.54) is 13.2 Å². The number of halogens is 3. The molecule has 6 nitrogen and oxygen atoms in total. The van der Waals surface area contributed by atoms with Crippen LogP contribution in [0.4, 0.5) is 9.18 Å². The van der Waals surface area contributed by atoms with Crippen LogP contribution in [0.5, 0.6) is 0 Å². The minimum Gasteiger partial charge on any atom is -0.465 e. The maximum atomic E-state index is 16.0. The summed E-state index contributed by atoms with van der Waals surface area (Å²) in [5, 5.41) is 0.969. The molecule has 1 aromatic heterocycles. The highest BCUT2D eigenvalue weighted by molar-refractivity contribution is 6.36. The third-order valence-electron chi connectivity index (χ3n) is 7.14. The SMILES string of the molecule is COC(=O)c1ccc2c(c1)CCCC(c1ccc(Cl)cc1Cl)=C2c1ncc(C=C2CN(C(=O)OC(C)(C)C)C2)cc1F. The molecule has 0 N–H and O–H groups in total. The van der Waals surface area contributed by atoms with Gasteiger partial charge in [-0.2, -0.15) is 0 Å². The second-order valence-electron chi connectivity index (χ2n) is 11.4. The molecule has 0 atom stereocenters. The molecule has 0 radical (unpaired) electrons. The lowest BCUT2D eigenvalue weighted by Crippen LogP contribution is -2.46. The predicted octanol–water partition coefficient (Wildman–Crippen LogP) is 8.24. The van der Waals surface area contributed by atoms with Crippen LogP contribution in [0.3, 0.4) is 0 Å². The van der Waals surface area contributed by atoms with Crippen LogP contribution >= 0.6 is 23.2 Å². The number of hydrogen-bond donors (Lipinski definition) is 0. The van der Waals surface area contributed by atoms with Crippen molar-refractivity contribution in [2.45, 2.75) is 45.6 Å². The zero-order valence-electron chi connectivity index (χ0n) is 23.9. The molecule has 0 saturated carbocycles. The molecule has 1 amide bonds. The first-order valence-corrected chi connectivity index (χ1v) is 14.4. The van der Waals surface area contributed by atoms with Crippen LogP contribution in [0.2, 0.25) is 10.0 Å². The number of fused-ring (bicyclic) bond motifs is 1. The van der Waals surface area contributed by atoms with Gasteiger partial charge in [0, 0.05) is 34.9 Å². The lowest BCUT2D eigenvalue weighted by atomic mass is 9.89. The van der Waals surface area contributed by atoms with E-state index in [4.69, 9.17) is 32.7 Å². The fraction of sp³-hybridized carbons (Fsp3) is 0.303. The maximum Gasteiger partial charge on any atom is 0.410 e. The van der Waals surface area contributed by atoms with Crippen molar-refractivity contribution >= 4 is 52.5 Å². The Kier molecular flexibility index (Phi) is 8.44. The van der Waals surface area contributed by atoms with Gasteiger partial charge < -0.3 is 14.4 Å². The lowest BCUT2D eigenvalue weighted by Gasteiger charge is -2.35. The molecule has 0 bridgehead atoms. The summed E-state index contributed by atoms with van der Waals surface area (Å²) in [6, 6.07) is 12.0. The first-order chi connectivity index (χ1) is 19.9. The third kappa shape index (κ3) is 6.37. The molecule has 1 aliphatic heterocycles. The summed E-state index contributed by atoms with van der Waals surface area (Å²) in [6.07, 6.45) is 5.15. The van der Waals surface area contributed by atoms with E-state index in [1.807, 2.05) is 39.0 Å². The topological polar surface area (TPSA) is 68.7 Å². The normalized spacial score (nSPS) is 15.0. The van der Waals surface area contributed by atoms with Crippen molar-refractivity contribution in [2.75, 3.05) is 20.2 Å². The molecule has 5 rings (SSSR count). The van der Waals surface area contributed by atoms with Crippen molar-refractivity contribution in [3.63, 3.8) is 0 Å². The van der Waals surface area contributed by atoms with Crippen LogP contribution < -0.4 is 0 Å². The number of amides is 1. The molecule has 9 heteroatoms. The number of ether oxygens (including phenoxy) is 2. The molecule has 218 valence electrons. The Morgan fingerprint density at radius 1 is 1.02 bits per heavy atom. The largest absolute Gasteiger partial charge is 0.465 e. The Morgan fingerprint density at radius 3 is 2.43 bits per heavy atom. The number of esters is 1. The number of benzene rings is 2. The fourth-order valence-corrected chi connectivity index (χ4v) is 5.77. The molecule has 1 fully saturated rings. The Labute approximate surface area is 254 Å². The van der Waals surface area contributed by atoms with Crippen molar-refractivity contribution in [2.24, 2.45) is 0 Å². The highest BCUT2D eigenvalue weighted by Gasteiger charge is 2.30. The fourth-order valence-electron chi connectivity index (χ4n) is 5.25. The van der Waals surface area contributed by atoms with Crippen LogP contribution in [0.15, 0.2) is 54.2 Å². The van der Waals surface area contributed by atoms with E-state index < -0.39 is 17.4 Å². The van der Waals surface area contributed by atoms with Crippen LogP contribution in [0, 0.1) is 5.82 Å². The van der Waals surface area contributed by atoms with Gasteiger partial charge in [-0.3, -0.25) is 4.98 Å². The number of likely N-dealkylation sites (tertiary alicyclic amines) is 1. The highest BCUT2D eigenvalue weighted by atomic mass is 35.5. The van der Waals surface area contributed by atoms with E-state index in [9.17, 15) is 9.59 Å². The van der Waals surface area contributed by atoms with E-state index in [-0.39, 0.29) is 11.8 Å². The number of carbonyl (C=O) groups excluding carboxylic acids is 2. The molecule has 42 heavy (non-hydrogen) atoms. The standard InChI is InChI=1S/C33H31Cl2FN2O4/c1-33(2,3)42-32(40)38-17-20(18-38)12-19-13-28(36)30(37-16-19)29-24-10-8-22(31(39)41-4)14-21(24)6-5-7-26(29)25-11-9-23(34)15-27(25)35/h8-16H,5-7,17-18H2,1-4H3. The molecule has 1 aliphatic carbocycles. The minimum atomic E-state index is -0.569. The van der Waals surface area contributed by atoms with Crippen molar-refractivity contribution < 1.29 is 23.5 Å². The molecule has 3 aromatic rings. The minimum absolute atomic E-state index is 0.191. The maximum absolute atomic E-state index is 16.0. The van der Waals surface area contributed by atoms with Gasteiger partial charge >= 0.3 is 12.1 Å². The predicted molar refractivity (Wildman–Crippen MR) is 163 cm³/mol. The summed E-state index contributed by atoms with van der Waals surface area (Å²) >= 11 is 12.8. The molecule has 0 spiro atoms. The zero-order chi connectivity index (χ0) is 30.2. The summed E-state index contributed by atoms with van der Waals surface area (Å²) in [7, 11) is 1.34.